The highest BCUT2D eigenvalue weighted by atomic mass is 79.9. The quantitative estimate of drug-likeness (QED) is 0.743. The largest absolute Gasteiger partial charge is 0.294 e. The molecule has 1 unspecified atom stereocenters. The molecule has 0 spiro atoms. The molecule has 0 aromatic carbocycles. The van der Waals surface area contributed by atoms with Crippen LogP contribution in [-0.2, 0) is 0 Å². The zero-order valence-corrected chi connectivity index (χ0v) is 10.6. The van der Waals surface area contributed by atoms with E-state index >= 15 is 0 Å². The smallest absolute Gasteiger partial charge is 0.137 e. The van der Waals surface area contributed by atoms with E-state index in [4.69, 9.17) is 0 Å². The van der Waals surface area contributed by atoms with E-state index in [1.807, 2.05) is 30.0 Å². The maximum absolute atomic E-state index is 4.67. The standard InChI is InChI=1S/C11H11BrN2S/c12-10-4-1-5-11-13-8(7-14(10)11)9-3-2-6-15-9/h1,4-5,7,9H,2-3,6H2. The molecule has 1 fully saturated rings. The van der Waals surface area contributed by atoms with Crippen LogP contribution >= 0.6 is 27.7 Å². The summed E-state index contributed by atoms with van der Waals surface area (Å²) in [7, 11) is 0. The fourth-order valence-electron chi connectivity index (χ4n) is 1.96. The fraction of sp³-hybridized carbons (Fsp3) is 0.364. The molecule has 1 aliphatic heterocycles. The first-order valence-electron chi connectivity index (χ1n) is 5.10. The third kappa shape index (κ3) is 1.70. The van der Waals surface area contributed by atoms with E-state index in [0.717, 1.165) is 10.3 Å². The normalized spacial score (nSPS) is 21.3. The van der Waals surface area contributed by atoms with Crippen molar-refractivity contribution in [2.75, 3.05) is 5.75 Å². The number of imidazole rings is 1. The van der Waals surface area contributed by atoms with Crippen molar-refractivity contribution < 1.29 is 0 Å². The van der Waals surface area contributed by atoms with Crippen LogP contribution in [0.15, 0.2) is 29.0 Å². The molecule has 2 nitrogen and oxygen atoms in total. The van der Waals surface area contributed by atoms with Gasteiger partial charge in [0.1, 0.15) is 5.65 Å². The van der Waals surface area contributed by atoms with Crippen molar-refractivity contribution in [2.45, 2.75) is 18.1 Å². The van der Waals surface area contributed by atoms with Crippen molar-refractivity contribution in [2.24, 2.45) is 0 Å². The molecule has 2 aromatic heterocycles. The summed E-state index contributed by atoms with van der Waals surface area (Å²) in [5.74, 6) is 1.28. The molecule has 0 amide bonds. The highest BCUT2D eigenvalue weighted by Gasteiger charge is 2.20. The molecule has 1 atom stereocenters. The summed E-state index contributed by atoms with van der Waals surface area (Å²) < 4.78 is 3.18. The van der Waals surface area contributed by atoms with E-state index in [0.29, 0.717) is 5.25 Å². The second-order valence-corrected chi connectivity index (χ2v) is 5.87. The summed E-state index contributed by atoms with van der Waals surface area (Å²) in [4.78, 5) is 4.67. The molecule has 0 bridgehead atoms. The van der Waals surface area contributed by atoms with Gasteiger partial charge < -0.3 is 0 Å². The van der Waals surface area contributed by atoms with Crippen LogP contribution in [0.5, 0.6) is 0 Å². The number of hydrogen-bond donors (Lipinski definition) is 0. The van der Waals surface area contributed by atoms with Crippen LogP contribution < -0.4 is 0 Å². The molecule has 1 aliphatic rings. The summed E-state index contributed by atoms with van der Waals surface area (Å²) in [6.07, 6.45) is 4.75. The number of aromatic nitrogens is 2. The zero-order valence-electron chi connectivity index (χ0n) is 8.19. The lowest BCUT2D eigenvalue weighted by atomic mass is 10.2. The molecular formula is C11H11BrN2S. The lowest BCUT2D eigenvalue weighted by Crippen LogP contribution is -1.87. The zero-order chi connectivity index (χ0) is 10.3. The minimum atomic E-state index is 0.608. The molecule has 3 heterocycles. The van der Waals surface area contributed by atoms with Crippen molar-refractivity contribution in [1.29, 1.82) is 0 Å². The van der Waals surface area contributed by atoms with Gasteiger partial charge in [-0.1, -0.05) is 6.07 Å². The maximum atomic E-state index is 4.67. The van der Waals surface area contributed by atoms with Gasteiger partial charge in [0, 0.05) is 11.4 Å². The molecule has 3 rings (SSSR count). The van der Waals surface area contributed by atoms with Crippen LogP contribution in [0.4, 0.5) is 0 Å². The van der Waals surface area contributed by atoms with Crippen LogP contribution in [0.3, 0.4) is 0 Å². The topological polar surface area (TPSA) is 17.3 Å². The molecule has 78 valence electrons. The Labute approximate surface area is 101 Å². The third-order valence-corrected chi connectivity index (χ3v) is 4.77. The summed E-state index contributed by atoms with van der Waals surface area (Å²) in [6, 6.07) is 6.12. The Morgan fingerprint density at radius 2 is 2.40 bits per heavy atom. The lowest BCUT2D eigenvalue weighted by Gasteiger charge is -2.01. The molecule has 0 N–H and O–H groups in total. The Morgan fingerprint density at radius 1 is 1.47 bits per heavy atom. The van der Waals surface area contributed by atoms with Crippen molar-refractivity contribution >= 4 is 33.3 Å². The van der Waals surface area contributed by atoms with Gasteiger partial charge in [-0.15, -0.1) is 0 Å². The number of pyridine rings is 1. The van der Waals surface area contributed by atoms with Gasteiger partial charge in [0.15, 0.2) is 0 Å². The average molecular weight is 283 g/mol. The van der Waals surface area contributed by atoms with E-state index in [2.05, 4.69) is 31.5 Å². The van der Waals surface area contributed by atoms with Gasteiger partial charge in [-0.3, -0.25) is 4.40 Å². The second kappa shape index (κ2) is 3.83. The summed E-state index contributed by atoms with van der Waals surface area (Å²) in [5, 5.41) is 0.608. The molecule has 15 heavy (non-hydrogen) atoms. The Balaban J connectivity index is 2.09. The molecule has 4 heteroatoms. The summed E-state index contributed by atoms with van der Waals surface area (Å²) in [6.45, 7) is 0. The number of hydrogen-bond acceptors (Lipinski definition) is 2. The molecule has 0 radical (unpaired) electrons. The van der Waals surface area contributed by atoms with E-state index in [1.54, 1.807) is 0 Å². The number of nitrogens with zero attached hydrogens (tertiary/aromatic N) is 2. The van der Waals surface area contributed by atoms with Gasteiger partial charge in [0.05, 0.1) is 10.3 Å². The predicted molar refractivity (Wildman–Crippen MR) is 67.3 cm³/mol. The molecule has 0 aliphatic carbocycles. The molecule has 1 saturated heterocycles. The van der Waals surface area contributed by atoms with Crippen LogP contribution in [-0.4, -0.2) is 15.1 Å². The predicted octanol–water partition coefficient (Wildman–Crippen LogP) is 3.66. The van der Waals surface area contributed by atoms with Gasteiger partial charge in [-0.05, 0) is 46.7 Å². The number of halogens is 1. The first-order chi connectivity index (χ1) is 7.34. The maximum Gasteiger partial charge on any atom is 0.137 e. The summed E-state index contributed by atoms with van der Waals surface area (Å²) in [5.41, 5.74) is 2.26. The Hall–Kier alpha value is -0.480. The van der Waals surface area contributed by atoms with Crippen molar-refractivity contribution in [3.8, 4) is 0 Å². The van der Waals surface area contributed by atoms with Gasteiger partial charge in [-0.25, -0.2) is 4.98 Å². The number of rotatable bonds is 1. The molecular weight excluding hydrogens is 272 g/mol. The minimum Gasteiger partial charge on any atom is -0.294 e. The first-order valence-corrected chi connectivity index (χ1v) is 6.94. The van der Waals surface area contributed by atoms with E-state index in [9.17, 15) is 0 Å². The Morgan fingerprint density at radius 3 is 3.13 bits per heavy atom. The van der Waals surface area contributed by atoms with E-state index < -0.39 is 0 Å². The van der Waals surface area contributed by atoms with Crippen molar-refractivity contribution in [1.82, 2.24) is 9.38 Å². The van der Waals surface area contributed by atoms with Crippen LogP contribution in [0.2, 0.25) is 0 Å². The Kier molecular flexibility index (Phi) is 2.48. The van der Waals surface area contributed by atoms with Gasteiger partial charge in [-0.2, -0.15) is 11.8 Å². The van der Waals surface area contributed by atoms with Gasteiger partial charge in [0.2, 0.25) is 0 Å². The molecule has 2 aromatic rings. The van der Waals surface area contributed by atoms with Crippen LogP contribution in [0, 0.1) is 0 Å². The summed E-state index contributed by atoms with van der Waals surface area (Å²) >= 11 is 5.56. The SMILES string of the molecule is Brc1cccc2nc(C3CCCS3)cn12. The number of thioether (sulfide) groups is 1. The fourth-order valence-corrected chi connectivity index (χ4v) is 3.63. The first kappa shape index (κ1) is 9.73. The van der Waals surface area contributed by atoms with Crippen molar-refractivity contribution in [3.63, 3.8) is 0 Å². The molecule has 0 saturated carbocycles. The van der Waals surface area contributed by atoms with E-state index in [1.165, 1.54) is 24.3 Å². The second-order valence-electron chi connectivity index (χ2n) is 3.74. The highest BCUT2D eigenvalue weighted by molar-refractivity contribution is 9.10. The number of fused-ring (bicyclic) bond motifs is 1. The average Bonchev–Trinajstić information content (AvgIpc) is 2.86. The highest BCUT2D eigenvalue weighted by Crippen LogP contribution is 2.39. The van der Waals surface area contributed by atoms with Crippen LogP contribution in [0.1, 0.15) is 23.8 Å². The lowest BCUT2D eigenvalue weighted by molar-refractivity contribution is 0.813. The Bertz CT molecular complexity index is 488. The van der Waals surface area contributed by atoms with Gasteiger partial charge in [0.25, 0.3) is 0 Å². The third-order valence-electron chi connectivity index (χ3n) is 2.72. The monoisotopic (exact) mass is 282 g/mol. The van der Waals surface area contributed by atoms with Crippen LogP contribution in [0.25, 0.3) is 5.65 Å². The van der Waals surface area contributed by atoms with Crippen molar-refractivity contribution in [3.05, 3.63) is 34.7 Å². The van der Waals surface area contributed by atoms with E-state index in [-0.39, 0.29) is 0 Å². The van der Waals surface area contributed by atoms with Gasteiger partial charge >= 0.3 is 0 Å². The minimum absolute atomic E-state index is 0.608.